The number of piperazine rings is 1. The van der Waals surface area contributed by atoms with E-state index in [2.05, 4.69) is 21.3 Å². The summed E-state index contributed by atoms with van der Waals surface area (Å²) in [6.45, 7) is 11.5. The van der Waals surface area contributed by atoms with Gasteiger partial charge in [0.2, 0.25) is 0 Å². The predicted octanol–water partition coefficient (Wildman–Crippen LogP) is 5.94. The molecule has 0 spiro atoms. The van der Waals surface area contributed by atoms with E-state index in [1.807, 2.05) is 24.3 Å². The lowest BCUT2D eigenvalue weighted by Gasteiger charge is -2.36. The summed E-state index contributed by atoms with van der Waals surface area (Å²) in [4.78, 5) is 8.86. The summed E-state index contributed by atoms with van der Waals surface area (Å²) in [5.74, 6) is 0. The van der Waals surface area contributed by atoms with E-state index in [1.54, 1.807) is 12.1 Å². The van der Waals surface area contributed by atoms with Gasteiger partial charge in [0.15, 0.2) is 0 Å². The first-order chi connectivity index (χ1) is 16.0. The maximum atomic E-state index is 13.4. The molecule has 0 radical (unpaired) electrons. The highest BCUT2D eigenvalue weighted by Gasteiger charge is 2.33. The van der Waals surface area contributed by atoms with E-state index < -0.39 is 11.7 Å². The van der Waals surface area contributed by atoms with E-state index in [1.165, 1.54) is 23.9 Å². The van der Waals surface area contributed by atoms with Gasteiger partial charge in [-0.2, -0.15) is 13.2 Å². The fraction of sp³-hybridized carbons (Fsp3) is 0.440. The molecule has 2 aromatic carbocycles. The number of hydrogen-bond donors (Lipinski definition) is 0. The molecule has 0 aromatic heterocycles. The van der Waals surface area contributed by atoms with Gasteiger partial charge in [0.25, 0.3) is 0 Å². The van der Waals surface area contributed by atoms with Gasteiger partial charge in [-0.25, -0.2) is 0 Å². The average Bonchev–Trinajstić information content (AvgIpc) is 2.81. The van der Waals surface area contributed by atoms with Crippen LogP contribution in [-0.4, -0.2) is 68.8 Å². The first kappa shape index (κ1) is 26.9. The Morgan fingerprint density at radius 1 is 0.912 bits per heavy atom. The minimum atomic E-state index is -4.35. The zero-order valence-corrected chi connectivity index (χ0v) is 20.7. The van der Waals surface area contributed by atoms with Crippen molar-refractivity contribution < 1.29 is 17.9 Å². The highest BCUT2D eigenvalue weighted by atomic mass is 35.5. The van der Waals surface area contributed by atoms with Crippen LogP contribution < -0.4 is 4.90 Å². The van der Waals surface area contributed by atoms with Crippen molar-refractivity contribution in [2.45, 2.75) is 22.4 Å². The van der Waals surface area contributed by atoms with Gasteiger partial charge in [0, 0.05) is 49.1 Å². The molecule has 4 rings (SSSR count). The second kappa shape index (κ2) is 12.3. The van der Waals surface area contributed by atoms with Crippen molar-refractivity contribution in [3.63, 3.8) is 0 Å². The molecule has 0 saturated carbocycles. The van der Waals surface area contributed by atoms with Gasteiger partial charge < -0.3 is 14.5 Å². The number of anilines is 2. The average molecular weight is 514 g/mol. The molecule has 2 heterocycles. The maximum absolute atomic E-state index is 13.4. The molecule has 0 amide bonds. The van der Waals surface area contributed by atoms with Crippen LogP contribution in [0.2, 0.25) is 0 Å². The number of para-hydroxylation sites is 1. The van der Waals surface area contributed by atoms with Gasteiger partial charge in [-0.15, -0.1) is 19.0 Å². The van der Waals surface area contributed by atoms with E-state index in [4.69, 9.17) is 4.74 Å². The highest BCUT2D eigenvalue weighted by molar-refractivity contribution is 7.99. The molecule has 0 unspecified atom stereocenters. The third-order valence-electron chi connectivity index (χ3n) is 6.06. The Hall–Kier alpha value is -1.71. The fourth-order valence-electron chi connectivity index (χ4n) is 4.30. The van der Waals surface area contributed by atoms with Gasteiger partial charge in [-0.05, 0) is 43.3 Å². The van der Waals surface area contributed by atoms with Crippen LogP contribution in [0.1, 0.15) is 12.0 Å². The van der Waals surface area contributed by atoms with Crippen molar-refractivity contribution in [2.24, 2.45) is 0 Å². The SMILES string of the molecule is C=CCOCCN1CCN(CCCN2c3ccccc3Sc3ccc(C(F)(F)F)cc32)CC1.Cl. The van der Waals surface area contributed by atoms with Gasteiger partial charge in [-0.1, -0.05) is 30.0 Å². The summed E-state index contributed by atoms with van der Waals surface area (Å²) in [5, 5.41) is 0. The quantitative estimate of drug-likeness (QED) is 0.304. The van der Waals surface area contributed by atoms with E-state index in [9.17, 15) is 13.2 Å². The Labute approximate surface area is 210 Å². The van der Waals surface area contributed by atoms with Gasteiger partial charge in [0.1, 0.15) is 0 Å². The first-order valence-electron chi connectivity index (χ1n) is 11.3. The Kier molecular flexibility index (Phi) is 9.74. The van der Waals surface area contributed by atoms with Gasteiger partial charge in [0.05, 0.1) is 30.2 Å². The molecule has 9 heteroatoms. The molecule has 2 aliphatic rings. The Morgan fingerprint density at radius 2 is 1.59 bits per heavy atom. The topological polar surface area (TPSA) is 19.0 Å². The summed E-state index contributed by atoms with van der Waals surface area (Å²) >= 11 is 1.54. The molecule has 186 valence electrons. The van der Waals surface area contributed by atoms with E-state index >= 15 is 0 Å². The highest BCUT2D eigenvalue weighted by Crippen LogP contribution is 2.49. The third kappa shape index (κ3) is 6.70. The molecular formula is C25H31ClF3N3OS. The lowest BCUT2D eigenvalue weighted by molar-refractivity contribution is -0.137. The number of alkyl halides is 3. The molecule has 0 bridgehead atoms. The number of fused-ring (bicyclic) bond motifs is 2. The molecular weight excluding hydrogens is 483 g/mol. The molecule has 1 saturated heterocycles. The van der Waals surface area contributed by atoms with E-state index in [0.717, 1.165) is 67.8 Å². The normalized spacial score (nSPS) is 16.5. The second-order valence-corrected chi connectivity index (χ2v) is 9.39. The maximum Gasteiger partial charge on any atom is 0.416 e. The standard InChI is InChI=1S/C25H30F3N3OS.ClH/c1-2-17-32-18-16-30-14-12-29(13-15-30)10-5-11-31-21-6-3-4-7-23(21)33-24-9-8-20(19-22(24)31)25(26,27)28;/h2-4,6-9,19H,1,5,10-18H2;1H. The lowest BCUT2D eigenvalue weighted by Crippen LogP contribution is -2.47. The second-order valence-electron chi connectivity index (χ2n) is 8.30. The summed E-state index contributed by atoms with van der Waals surface area (Å²) in [5.41, 5.74) is 1.04. The van der Waals surface area contributed by atoms with Crippen LogP contribution >= 0.6 is 24.2 Å². The number of nitrogens with zero attached hydrogens (tertiary/aromatic N) is 3. The number of hydrogen-bond acceptors (Lipinski definition) is 5. The molecule has 0 atom stereocenters. The van der Waals surface area contributed by atoms with Crippen LogP contribution in [0.25, 0.3) is 0 Å². The summed E-state index contributed by atoms with van der Waals surface area (Å²) in [7, 11) is 0. The van der Waals surface area contributed by atoms with Crippen LogP contribution in [0.4, 0.5) is 24.5 Å². The summed E-state index contributed by atoms with van der Waals surface area (Å²) < 4.78 is 45.6. The Bertz CT molecular complexity index is 951. The summed E-state index contributed by atoms with van der Waals surface area (Å²) in [6.07, 6.45) is -1.70. The van der Waals surface area contributed by atoms with E-state index in [0.29, 0.717) is 18.8 Å². The van der Waals surface area contributed by atoms with Gasteiger partial charge >= 0.3 is 6.18 Å². The Morgan fingerprint density at radius 3 is 2.29 bits per heavy atom. The van der Waals surface area contributed by atoms with Crippen LogP contribution in [0.15, 0.2) is 64.9 Å². The fourth-order valence-corrected chi connectivity index (χ4v) is 5.37. The van der Waals surface area contributed by atoms with Crippen molar-refractivity contribution in [3.8, 4) is 0 Å². The number of rotatable bonds is 9. The van der Waals surface area contributed by atoms with Crippen molar-refractivity contribution in [3.05, 3.63) is 60.7 Å². The van der Waals surface area contributed by atoms with Gasteiger partial charge in [-0.3, -0.25) is 4.90 Å². The van der Waals surface area contributed by atoms with Crippen molar-refractivity contribution in [1.29, 1.82) is 0 Å². The monoisotopic (exact) mass is 513 g/mol. The molecule has 34 heavy (non-hydrogen) atoms. The minimum Gasteiger partial charge on any atom is -0.376 e. The number of ether oxygens (including phenoxy) is 1. The third-order valence-corrected chi connectivity index (χ3v) is 7.19. The largest absolute Gasteiger partial charge is 0.416 e. The van der Waals surface area contributed by atoms with Crippen LogP contribution in [0, 0.1) is 0 Å². The van der Waals surface area contributed by atoms with Crippen LogP contribution in [0.5, 0.6) is 0 Å². The predicted molar refractivity (Wildman–Crippen MR) is 135 cm³/mol. The Balaban J connectivity index is 0.00000324. The summed E-state index contributed by atoms with van der Waals surface area (Å²) in [6, 6.07) is 12.0. The smallest absolute Gasteiger partial charge is 0.376 e. The first-order valence-corrected chi connectivity index (χ1v) is 12.2. The van der Waals surface area contributed by atoms with Crippen molar-refractivity contribution >= 4 is 35.5 Å². The molecule has 2 aliphatic heterocycles. The number of halogens is 4. The van der Waals surface area contributed by atoms with E-state index in [-0.39, 0.29) is 12.4 Å². The zero-order chi connectivity index (χ0) is 23.3. The molecule has 1 fully saturated rings. The molecule has 0 aliphatic carbocycles. The molecule has 0 N–H and O–H groups in total. The lowest BCUT2D eigenvalue weighted by atomic mass is 10.1. The minimum absolute atomic E-state index is 0. The molecule has 4 nitrogen and oxygen atoms in total. The van der Waals surface area contributed by atoms with Crippen molar-refractivity contribution in [1.82, 2.24) is 9.80 Å². The van der Waals surface area contributed by atoms with Crippen LogP contribution in [-0.2, 0) is 10.9 Å². The van der Waals surface area contributed by atoms with Crippen LogP contribution in [0.3, 0.4) is 0 Å². The molecule has 2 aromatic rings. The van der Waals surface area contributed by atoms with Crippen molar-refractivity contribution in [2.75, 3.05) is 63.9 Å². The zero-order valence-electron chi connectivity index (χ0n) is 19.1. The number of benzene rings is 2.